The Kier molecular flexibility index (Phi) is 7.50. The molecule has 2 fully saturated rings. The van der Waals surface area contributed by atoms with E-state index in [0.717, 1.165) is 0 Å². The summed E-state index contributed by atoms with van der Waals surface area (Å²) in [4.78, 5) is 43.0. The molecule has 8 nitrogen and oxygen atoms in total. The Labute approximate surface area is 177 Å². The van der Waals surface area contributed by atoms with E-state index in [0.29, 0.717) is 31.9 Å². The van der Waals surface area contributed by atoms with Crippen molar-refractivity contribution >= 4 is 29.0 Å². The van der Waals surface area contributed by atoms with Crippen LogP contribution in [0.1, 0.15) is 19.8 Å². The minimum absolute atomic E-state index is 0.0173. The molecular formula is C20H24F3N3O5. The fourth-order valence-electron chi connectivity index (χ4n) is 3.52. The van der Waals surface area contributed by atoms with Crippen molar-refractivity contribution in [2.45, 2.75) is 32.3 Å². The van der Waals surface area contributed by atoms with Crippen LogP contribution in [0.25, 0.3) is 0 Å². The number of cyclic esters (lactones) is 1. The molecule has 0 aromatic heterocycles. The molecule has 0 saturated carbocycles. The molecule has 0 unspecified atom stereocenters. The van der Waals surface area contributed by atoms with E-state index in [9.17, 15) is 27.6 Å². The zero-order chi connectivity index (χ0) is 22.5. The van der Waals surface area contributed by atoms with Crippen LogP contribution < -0.4 is 9.80 Å². The maximum atomic E-state index is 14.8. The summed E-state index contributed by atoms with van der Waals surface area (Å²) in [6, 6.07) is 4.33. The Balaban J connectivity index is 1.62. The van der Waals surface area contributed by atoms with Crippen LogP contribution in [0.2, 0.25) is 0 Å². The van der Waals surface area contributed by atoms with Crippen LogP contribution in [0, 0.1) is 5.82 Å². The molecule has 170 valence electrons. The average Bonchev–Trinajstić information content (AvgIpc) is 2.93. The topological polar surface area (TPSA) is 79.4 Å². The third-order valence-corrected chi connectivity index (χ3v) is 5.07. The number of nitrogens with zero attached hydrogens (tertiary/aromatic N) is 3. The van der Waals surface area contributed by atoms with Crippen LogP contribution in [0.5, 0.6) is 0 Å². The highest BCUT2D eigenvalue weighted by Gasteiger charge is 2.33. The summed E-state index contributed by atoms with van der Waals surface area (Å²) < 4.78 is 44.6. The van der Waals surface area contributed by atoms with Crippen LogP contribution in [0.3, 0.4) is 0 Å². The summed E-state index contributed by atoms with van der Waals surface area (Å²) in [5, 5.41) is 1.55. The number of Topliss-reactive ketones (excluding diaryl/α,β-unsaturated/α-hetero) is 2. The van der Waals surface area contributed by atoms with Gasteiger partial charge in [-0.15, -0.1) is 0 Å². The van der Waals surface area contributed by atoms with Gasteiger partial charge in [0.1, 0.15) is 17.7 Å². The molecule has 1 aromatic rings. The Bertz CT molecular complexity index is 838. The number of hydrogen-bond acceptors (Lipinski definition) is 7. The van der Waals surface area contributed by atoms with Crippen LogP contribution in [-0.2, 0) is 19.2 Å². The van der Waals surface area contributed by atoms with E-state index in [1.54, 1.807) is 22.1 Å². The van der Waals surface area contributed by atoms with Gasteiger partial charge in [-0.3, -0.25) is 19.3 Å². The summed E-state index contributed by atoms with van der Waals surface area (Å²) in [6.45, 7) is 3.29. The fraction of sp³-hybridized carbons (Fsp3) is 0.550. The van der Waals surface area contributed by atoms with Crippen molar-refractivity contribution in [1.82, 2.24) is 5.06 Å². The van der Waals surface area contributed by atoms with Crippen LogP contribution >= 0.6 is 0 Å². The third kappa shape index (κ3) is 5.95. The van der Waals surface area contributed by atoms with Crippen molar-refractivity contribution in [3.8, 4) is 0 Å². The first-order valence-corrected chi connectivity index (χ1v) is 9.95. The highest BCUT2D eigenvalue weighted by atomic mass is 19.3. The number of carbonyl (C=O) groups excluding carboxylic acids is 3. The van der Waals surface area contributed by atoms with E-state index in [2.05, 4.69) is 0 Å². The first-order chi connectivity index (χ1) is 14.7. The van der Waals surface area contributed by atoms with Crippen LogP contribution in [0.15, 0.2) is 18.2 Å². The van der Waals surface area contributed by atoms with Gasteiger partial charge in [0.25, 0.3) is 6.43 Å². The van der Waals surface area contributed by atoms with E-state index in [4.69, 9.17) is 9.57 Å². The van der Waals surface area contributed by atoms with Gasteiger partial charge in [-0.25, -0.2) is 18.0 Å². The number of ether oxygens (including phenoxy) is 1. The van der Waals surface area contributed by atoms with Gasteiger partial charge < -0.3 is 9.64 Å². The number of halogens is 3. The number of alkyl halides is 2. The minimum Gasteiger partial charge on any atom is -0.444 e. The molecule has 0 N–H and O–H groups in total. The van der Waals surface area contributed by atoms with Crippen molar-refractivity contribution in [2.24, 2.45) is 0 Å². The molecule has 0 bridgehead atoms. The highest BCUT2D eigenvalue weighted by molar-refractivity contribution is 5.90. The molecule has 0 spiro atoms. The van der Waals surface area contributed by atoms with Gasteiger partial charge in [0.05, 0.1) is 31.1 Å². The summed E-state index contributed by atoms with van der Waals surface area (Å²) in [5.41, 5.74) is 0.613. The monoisotopic (exact) mass is 443 g/mol. The molecule has 11 heteroatoms. The van der Waals surface area contributed by atoms with Crippen molar-refractivity contribution in [1.29, 1.82) is 0 Å². The molecule has 0 radical (unpaired) electrons. The number of benzene rings is 1. The van der Waals surface area contributed by atoms with Gasteiger partial charge in [0.15, 0.2) is 5.78 Å². The number of hydroxylamine groups is 2. The van der Waals surface area contributed by atoms with Crippen LogP contribution in [-0.4, -0.2) is 74.6 Å². The molecule has 2 saturated heterocycles. The van der Waals surface area contributed by atoms with E-state index in [1.807, 2.05) is 0 Å². The zero-order valence-corrected chi connectivity index (χ0v) is 17.1. The van der Waals surface area contributed by atoms with E-state index in [1.165, 1.54) is 17.9 Å². The van der Waals surface area contributed by atoms with Gasteiger partial charge in [-0.2, -0.15) is 5.06 Å². The Morgan fingerprint density at radius 3 is 2.68 bits per heavy atom. The molecule has 1 amide bonds. The van der Waals surface area contributed by atoms with Gasteiger partial charge in [0, 0.05) is 26.1 Å². The Morgan fingerprint density at radius 2 is 2.00 bits per heavy atom. The highest BCUT2D eigenvalue weighted by Crippen LogP contribution is 2.29. The smallest absolute Gasteiger partial charge is 0.414 e. The third-order valence-electron chi connectivity index (χ3n) is 5.07. The number of anilines is 2. The van der Waals surface area contributed by atoms with Crippen molar-refractivity contribution in [3.63, 3.8) is 0 Å². The summed E-state index contributed by atoms with van der Waals surface area (Å²) in [6.07, 6.45) is -4.89. The second-order valence-corrected chi connectivity index (χ2v) is 7.44. The predicted octanol–water partition coefficient (Wildman–Crippen LogP) is 2.41. The molecule has 0 aliphatic carbocycles. The predicted molar refractivity (Wildman–Crippen MR) is 105 cm³/mol. The summed E-state index contributed by atoms with van der Waals surface area (Å²) in [7, 11) is 0. The largest absolute Gasteiger partial charge is 0.444 e. The molecule has 1 aromatic carbocycles. The fourth-order valence-corrected chi connectivity index (χ4v) is 3.52. The molecule has 3 rings (SSSR count). The summed E-state index contributed by atoms with van der Waals surface area (Å²) >= 11 is 0. The standard InChI is InChI=1S/C20H24F3N3O5/c1-13(27)11-25-7-6-24(8-9-30-25)17-4-2-14(10-16(17)21)26-12-15(31-20(26)29)3-5-18(28)19(22)23/h2,4,10,15,19H,3,5-9,11-12H2,1H3/t15-/m0/s1. The lowest BCUT2D eigenvalue weighted by molar-refractivity contribution is -0.157. The van der Waals surface area contributed by atoms with E-state index >= 15 is 0 Å². The average molecular weight is 443 g/mol. The Hall–Kier alpha value is -2.66. The molecular weight excluding hydrogens is 419 g/mol. The maximum Gasteiger partial charge on any atom is 0.414 e. The second-order valence-electron chi connectivity index (χ2n) is 7.44. The van der Waals surface area contributed by atoms with Gasteiger partial charge in [-0.1, -0.05) is 0 Å². The van der Waals surface area contributed by atoms with Crippen LogP contribution in [0.4, 0.5) is 29.3 Å². The number of amides is 1. The lowest BCUT2D eigenvalue weighted by Gasteiger charge is -2.23. The van der Waals surface area contributed by atoms with Crippen molar-refractivity contribution < 1.29 is 37.1 Å². The molecule has 1 atom stereocenters. The molecule has 2 heterocycles. The number of rotatable bonds is 8. The maximum absolute atomic E-state index is 14.8. The number of hydrogen-bond donors (Lipinski definition) is 0. The van der Waals surface area contributed by atoms with E-state index < -0.39 is 36.6 Å². The van der Waals surface area contributed by atoms with E-state index in [-0.39, 0.29) is 31.0 Å². The van der Waals surface area contributed by atoms with Crippen molar-refractivity contribution in [3.05, 3.63) is 24.0 Å². The normalized spacial score (nSPS) is 20.2. The summed E-state index contributed by atoms with van der Waals surface area (Å²) in [5.74, 6) is -1.77. The SMILES string of the molecule is CC(=O)CN1CCN(c2ccc(N3C[C@H](CCC(=O)C(F)F)OC3=O)cc2F)CCO1. The quantitative estimate of drug-likeness (QED) is 0.611. The lowest BCUT2D eigenvalue weighted by atomic mass is 10.1. The van der Waals surface area contributed by atoms with Gasteiger partial charge >= 0.3 is 6.09 Å². The number of carbonyl (C=O) groups is 3. The molecule has 2 aliphatic rings. The molecule has 31 heavy (non-hydrogen) atoms. The number of ketones is 2. The Morgan fingerprint density at radius 1 is 1.23 bits per heavy atom. The van der Waals surface area contributed by atoms with Gasteiger partial charge in [-0.05, 0) is 31.5 Å². The first kappa shape index (κ1) is 23.0. The lowest BCUT2D eigenvalue weighted by Crippen LogP contribution is -2.33. The first-order valence-electron chi connectivity index (χ1n) is 9.95. The molecule has 2 aliphatic heterocycles. The van der Waals surface area contributed by atoms with Gasteiger partial charge in [0.2, 0.25) is 0 Å². The zero-order valence-electron chi connectivity index (χ0n) is 17.1. The van der Waals surface area contributed by atoms with Crippen molar-refractivity contribution in [2.75, 3.05) is 49.1 Å². The second kappa shape index (κ2) is 10.1. The minimum atomic E-state index is -3.05.